The number of methoxy groups -OCH3 is 1. The Morgan fingerprint density at radius 3 is 2.69 bits per heavy atom. The predicted octanol–water partition coefficient (Wildman–Crippen LogP) is 6.56. The molecule has 0 amide bonds. The molecule has 11 heteroatoms. The number of sulfonamides is 1. The maximum absolute atomic E-state index is 13.7. The number of aromatic hydroxyl groups is 1. The van der Waals surface area contributed by atoms with Crippen LogP contribution in [0.25, 0.3) is 11.3 Å². The van der Waals surface area contributed by atoms with Crippen LogP contribution in [0.5, 0.6) is 11.5 Å². The third kappa shape index (κ3) is 6.18. The summed E-state index contributed by atoms with van der Waals surface area (Å²) in [5.41, 5.74) is 3.31. The summed E-state index contributed by atoms with van der Waals surface area (Å²) in [7, 11) is -2.51. The Morgan fingerprint density at radius 2 is 2.00 bits per heavy atom. The van der Waals surface area contributed by atoms with Gasteiger partial charge in [0.25, 0.3) is 10.0 Å². The number of rotatable bonds is 10. The first kappa shape index (κ1) is 27.4. The van der Waals surface area contributed by atoms with E-state index in [0.29, 0.717) is 41.3 Å². The molecule has 1 aliphatic carbocycles. The lowest BCUT2D eigenvalue weighted by molar-refractivity contribution is 0.370. The average Bonchev–Trinajstić information content (AvgIpc) is 3.63. The van der Waals surface area contributed by atoms with Crippen LogP contribution in [-0.2, 0) is 29.3 Å². The molecule has 0 saturated heterocycles. The number of halogens is 2. The largest absolute Gasteiger partial charge is 0.504 e. The quantitative estimate of drug-likeness (QED) is 0.218. The van der Waals surface area contributed by atoms with E-state index in [1.165, 1.54) is 36.8 Å². The minimum atomic E-state index is -4.01. The number of aromatic nitrogens is 2. The fraction of sp³-hybridized carbons (Fsp3) is 0.286. The zero-order valence-electron chi connectivity index (χ0n) is 21.4. The molecular formula is C28H27ClFN3O4S2. The Hall–Kier alpha value is -3.21. The van der Waals surface area contributed by atoms with Gasteiger partial charge < -0.3 is 9.84 Å². The molecule has 0 atom stereocenters. The number of anilines is 1. The maximum atomic E-state index is 13.7. The lowest BCUT2D eigenvalue weighted by Gasteiger charge is -2.11. The summed E-state index contributed by atoms with van der Waals surface area (Å²) in [5, 5.41) is 10.5. The van der Waals surface area contributed by atoms with Crippen molar-refractivity contribution >= 4 is 38.1 Å². The summed E-state index contributed by atoms with van der Waals surface area (Å²) in [6.45, 7) is 1.69. The lowest BCUT2D eigenvalue weighted by atomic mass is 10.0. The molecule has 0 unspecified atom stereocenters. The summed E-state index contributed by atoms with van der Waals surface area (Å²) >= 11 is 7.27. The van der Waals surface area contributed by atoms with E-state index in [-0.39, 0.29) is 20.9 Å². The van der Waals surface area contributed by atoms with Crippen LogP contribution in [0.3, 0.4) is 0 Å². The van der Waals surface area contributed by atoms with Gasteiger partial charge in [0.15, 0.2) is 21.7 Å². The molecule has 2 aromatic carbocycles. The first-order valence-corrected chi connectivity index (χ1v) is 15.1. The van der Waals surface area contributed by atoms with Crippen LogP contribution in [0, 0.1) is 18.7 Å². The van der Waals surface area contributed by atoms with Crippen molar-refractivity contribution in [1.29, 1.82) is 0 Å². The van der Waals surface area contributed by atoms with Crippen molar-refractivity contribution in [2.24, 2.45) is 5.92 Å². The molecule has 1 aliphatic rings. The maximum Gasteiger partial charge on any atom is 0.281 e. The molecule has 204 valence electrons. The summed E-state index contributed by atoms with van der Waals surface area (Å²) in [4.78, 5) is 9.75. The Balaban J connectivity index is 1.35. The molecule has 0 bridgehead atoms. The number of para-hydroxylation sites is 1. The second-order valence-corrected chi connectivity index (χ2v) is 12.7. The number of nitrogens with zero attached hydrogens (tertiary/aromatic N) is 2. The minimum Gasteiger partial charge on any atom is -0.504 e. The SMILES string of the molecule is COc1cccc(CCc2cnc(S(=O)(=O)Nc3nc(-c4ccc(F)c(Cl)c4)c(CC4CC4)s3)c(C)c2)c1O. The molecule has 0 spiro atoms. The number of hydrogen-bond acceptors (Lipinski definition) is 7. The number of benzene rings is 2. The number of hydrogen-bond donors (Lipinski definition) is 2. The van der Waals surface area contributed by atoms with Crippen molar-refractivity contribution < 1.29 is 22.7 Å². The van der Waals surface area contributed by atoms with Gasteiger partial charge in [-0.15, -0.1) is 11.3 Å². The first-order valence-electron chi connectivity index (χ1n) is 12.4. The van der Waals surface area contributed by atoms with E-state index in [1.807, 2.05) is 12.1 Å². The number of phenolic OH excluding ortho intramolecular Hbond substituents is 1. The highest BCUT2D eigenvalue weighted by Crippen LogP contribution is 2.40. The number of ether oxygens (including phenoxy) is 1. The van der Waals surface area contributed by atoms with E-state index < -0.39 is 15.8 Å². The number of thiazole rings is 1. The Labute approximate surface area is 235 Å². The molecule has 7 nitrogen and oxygen atoms in total. The Morgan fingerprint density at radius 1 is 1.21 bits per heavy atom. The van der Waals surface area contributed by atoms with E-state index in [4.69, 9.17) is 16.3 Å². The van der Waals surface area contributed by atoms with E-state index in [2.05, 4.69) is 14.7 Å². The van der Waals surface area contributed by atoms with Crippen LogP contribution in [0.2, 0.25) is 5.02 Å². The van der Waals surface area contributed by atoms with Crippen LogP contribution >= 0.6 is 22.9 Å². The zero-order chi connectivity index (χ0) is 27.7. The normalized spacial score (nSPS) is 13.4. The van der Waals surface area contributed by atoms with Gasteiger partial charge in [0.1, 0.15) is 5.82 Å². The molecule has 0 radical (unpaired) electrons. The fourth-order valence-corrected chi connectivity index (χ4v) is 7.07. The molecule has 2 heterocycles. The summed E-state index contributed by atoms with van der Waals surface area (Å²) in [6, 6.07) is 11.5. The fourth-order valence-electron chi connectivity index (χ4n) is 4.40. The van der Waals surface area contributed by atoms with Crippen molar-refractivity contribution in [3.63, 3.8) is 0 Å². The number of nitrogens with one attached hydrogen (secondary N) is 1. The Kier molecular flexibility index (Phi) is 7.80. The summed E-state index contributed by atoms with van der Waals surface area (Å²) in [6.07, 6.45) is 5.64. The van der Waals surface area contributed by atoms with Gasteiger partial charge in [-0.25, -0.2) is 14.4 Å². The van der Waals surface area contributed by atoms with Crippen LogP contribution in [0.1, 0.15) is 34.4 Å². The van der Waals surface area contributed by atoms with Crippen molar-refractivity contribution in [1.82, 2.24) is 9.97 Å². The number of phenols is 1. The van der Waals surface area contributed by atoms with Gasteiger partial charge in [-0.1, -0.05) is 29.8 Å². The van der Waals surface area contributed by atoms with Gasteiger partial charge in [0.2, 0.25) is 0 Å². The number of pyridine rings is 1. The highest BCUT2D eigenvalue weighted by Gasteiger charge is 2.27. The second-order valence-electron chi connectivity index (χ2n) is 9.61. The standard InChI is InChI=1S/C28H27ClFN3O4S2/c1-16-12-18(8-9-19-4-3-5-23(37-2)26(19)34)15-31-27(16)39(35,36)33-28-32-25(24(38-28)13-17-6-7-17)20-10-11-22(30)21(29)14-20/h3-5,10-12,14-15,17,34H,6-9,13H2,1-2H3,(H,32,33). The highest BCUT2D eigenvalue weighted by molar-refractivity contribution is 7.92. The molecule has 2 aromatic heterocycles. The lowest BCUT2D eigenvalue weighted by Crippen LogP contribution is -2.16. The van der Waals surface area contributed by atoms with Gasteiger partial charge in [-0.05, 0) is 85.9 Å². The van der Waals surface area contributed by atoms with Gasteiger partial charge in [-0.2, -0.15) is 8.42 Å². The molecule has 5 rings (SSSR count). The zero-order valence-corrected chi connectivity index (χ0v) is 23.8. The topological polar surface area (TPSA) is 101 Å². The van der Waals surface area contributed by atoms with Crippen LogP contribution in [0.15, 0.2) is 53.7 Å². The summed E-state index contributed by atoms with van der Waals surface area (Å²) < 4.78 is 48.1. The van der Waals surface area contributed by atoms with E-state index in [1.54, 1.807) is 25.1 Å². The van der Waals surface area contributed by atoms with Crippen LogP contribution < -0.4 is 9.46 Å². The van der Waals surface area contributed by atoms with Crippen molar-refractivity contribution in [3.05, 3.63) is 81.1 Å². The van der Waals surface area contributed by atoms with E-state index in [9.17, 15) is 17.9 Å². The molecule has 0 aliphatic heterocycles. The van der Waals surface area contributed by atoms with Gasteiger partial charge in [0, 0.05) is 16.6 Å². The first-order chi connectivity index (χ1) is 18.6. The predicted molar refractivity (Wildman–Crippen MR) is 151 cm³/mol. The van der Waals surface area contributed by atoms with Crippen LogP contribution in [0.4, 0.5) is 9.52 Å². The van der Waals surface area contributed by atoms with Gasteiger partial charge in [-0.3, -0.25) is 4.72 Å². The minimum absolute atomic E-state index is 0.0125. The monoisotopic (exact) mass is 587 g/mol. The molecule has 2 N–H and O–H groups in total. The molecule has 1 saturated carbocycles. The third-order valence-corrected chi connectivity index (χ3v) is 9.42. The number of aryl methyl sites for hydroxylation is 3. The summed E-state index contributed by atoms with van der Waals surface area (Å²) in [5.74, 6) is 0.521. The van der Waals surface area contributed by atoms with Crippen molar-refractivity contribution in [2.45, 2.75) is 44.1 Å². The van der Waals surface area contributed by atoms with Gasteiger partial charge in [0.05, 0.1) is 17.8 Å². The van der Waals surface area contributed by atoms with Crippen molar-refractivity contribution in [3.8, 4) is 22.8 Å². The molecule has 4 aromatic rings. The average molecular weight is 588 g/mol. The highest BCUT2D eigenvalue weighted by atomic mass is 35.5. The third-order valence-electron chi connectivity index (χ3n) is 6.61. The molecule has 39 heavy (non-hydrogen) atoms. The van der Waals surface area contributed by atoms with Gasteiger partial charge >= 0.3 is 0 Å². The second kappa shape index (κ2) is 11.1. The van der Waals surface area contributed by atoms with E-state index in [0.717, 1.165) is 35.3 Å². The van der Waals surface area contributed by atoms with Crippen molar-refractivity contribution in [2.75, 3.05) is 11.8 Å². The van der Waals surface area contributed by atoms with E-state index >= 15 is 0 Å². The Bertz CT molecular complexity index is 1640. The smallest absolute Gasteiger partial charge is 0.281 e. The molecule has 1 fully saturated rings. The molecular weight excluding hydrogens is 561 g/mol. The van der Waals surface area contributed by atoms with Crippen LogP contribution in [-0.4, -0.2) is 30.6 Å².